The fourth-order valence-corrected chi connectivity index (χ4v) is 3.92. The molecule has 6 heteroatoms. The number of nitrogens with zero attached hydrogens (tertiary/aromatic N) is 2. The van der Waals surface area contributed by atoms with Crippen molar-refractivity contribution < 1.29 is 14.3 Å². The van der Waals surface area contributed by atoms with Gasteiger partial charge in [-0.3, -0.25) is 9.59 Å². The van der Waals surface area contributed by atoms with Crippen molar-refractivity contribution in [3.63, 3.8) is 0 Å². The molecule has 6 nitrogen and oxygen atoms in total. The number of benzene rings is 2. The Bertz CT molecular complexity index is 888. The molecule has 29 heavy (non-hydrogen) atoms. The van der Waals surface area contributed by atoms with Crippen LogP contribution in [0.5, 0.6) is 0 Å². The van der Waals surface area contributed by atoms with Crippen LogP contribution in [-0.4, -0.2) is 54.5 Å². The Labute approximate surface area is 171 Å². The predicted octanol–water partition coefficient (Wildman–Crippen LogP) is 3.38. The summed E-state index contributed by atoms with van der Waals surface area (Å²) in [5.74, 6) is 0.458. The van der Waals surface area contributed by atoms with E-state index >= 15 is 0 Å². The number of carbonyl (C=O) groups excluding carboxylic acids is 2. The van der Waals surface area contributed by atoms with E-state index in [1.54, 1.807) is 0 Å². The highest BCUT2D eigenvalue weighted by atomic mass is 16.5. The number of hydrogen-bond acceptors (Lipinski definition) is 4. The molecule has 1 atom stereocenters. The van der Waals surface area contributed by atoms with Crippen LogP contribution in [0, 0.1) is 5.92 Å². The van der Waals surface area contributed by atoms with Crippen molar-refractivity contribution in [2.45, 2.75) is 20.0 Å². The molecule has 1 unspecified atom stereocenters. The number of hydrogen-bond donors (Lipinski definition) is 1. The number of rotatable bonds is 5. The average Bonchev–Trinajstić information content (AvgIpc) is 3.00. The molecule has 1 N–H and O–H groups in total. The molecule has 0 bridgehead atoms. The maximum Gasteiger partial charge on any atom is 0.256 e. The van der Waals surface area contributed by atoms with Crippen molar-refractivity contribution in [2.75, 3.05) is 38.2 Å². The first-order valence-corrected chi connectivity index (χ1v) is 10.2. The Morgan fingerprint density at radius 2 is 1.79 bits per heavy atom. The van der Waals surface area contributed by atoms with Gasteiger partial charge < -0.3 is 19.9 Å². The Kier molecular flexibility index (Phi) is 5.53. The lowest BCUT2D eigenvalue weighted by molar-refractivity contribution is 0.0303. The second-order valence-corrected chi connectivity index (χ2v) is 7.97. The lowest BCUT2D eigenvalue weighted by atomic mass is 10.1. The molecule has 2 aromatic rings. The van der Waals surface area contributed by atoms with E-state index in [0.717, 1.165) is 16.8 Å². The quantitative estimate of drug-likeness (QED) is 0.846. The van der Waals surface area contributed by atoms with Gasteiger partial charge in [0.2, 0.25) is 0 Å². The van der Waals surface area contributed by atoms with Crippen molar-refractivity contribution in [3.05, 3.63) is 65.2 Å². The van der Waals surface area contributed by atoms with E-state index in [9.17, 15) is 9.59 Å². The molecule has 0 spiro atoms. The topological polar surface area (TPSA) is 61.9 Å². The third-order valence-electron chi connectivity index (χ3n) is 5.35. The van der Waals surface area contributed by atoms with Gasteiger partial charge in [0.1, 0.15) is 6.17 Å². The molecular weight excluding hydrogens is 366 g/mol. The molecule has 1 fully saturated rings. The van der Waals surface area contributed by atoms with Crippen molar-refractivity contribution in [1.29, 1.82) is 0 Å². The summed E-state index contributed by atoms with van der Waals surface area (Å²) in [5, 5.41) is 3.49. The van der Waals surface area contributed by atoms with E-state index in [-0.39, 0.29) is 18.0 Å². The Hall–Kier alpha value is -2.86. The van der Waals surface area contributed by atoms with E-state index in [1.807, 2.05) is 58.3 Å². The van der Waals surface area contributed by atoms with Crippen LogP contribution >= 0.6 is 0 Å². The van der Waals surface area contributed by atoms with Gasteiger partial charge in [0.15, 0.2) is 0 Å². The standard InChI is InChI=1S/C23H27N3O3/c1-16(2)15-26-21(19-5-3-4-6-20(19)23(26)28)24-18-9-7-17(8-10-18)22(27)25-11-13-29-14-12-25/h3-10,16,21,24H,11-15H2,1-2H3. The van der Waals surface area contributed by atoms with Gasteiger partial charge in [-0.05, 0) is 36.2 Å². The first kappa shape index (κ1) is 19.5. The van der Waals surface area contributed by atoms with E-state index in [0.29, 0.717) is 44.3 Å². The molecule has 0 saturated carbocycles. The van der Waals surface area contributed by atoms with Crippen LogP contribution in [0.2, 0.25) is 0 Å². The van der Waals surface area contributed by atoms with E-state index < -0.39 is 0 Å². The fourth-order valence-electron chi connectivity index (χ4n) is 3.92. The minimum Gasteiger partial charge on any atom is -0.378 e. The van der Waals surface area contributed by atoms with Gasteiger partial charge in [-0.1, -0.05) is 32.0 Å². The third kappa shape index (κ3) is 3.98. The molecule has 2 amide bonds. The van der Waals surface area contributed by atoms with E-state index in [1.165, 1.54) is 0 Å². The monoisotopic (exact) mass is 393 g/mol. The molecule has 2 aliphatic heterocycles. The van der Waals surface area contributed by atoms with Crippen LogP contribution in [0.15, 0.2) is 48.5 Å². The van der Waals surface area contributed by atoms with Gasteiger partial charge in [0.05, 0.1) is 13.2 Å². The predicted molar refractivity (Wildman–Crippen MR) is 112 cm³/mol. The molecule has 4 rings (SSSR count). The van der Waals surface area contributed by atoms with E-state index in [4.69, 9.17) is 4.74 Å². The fraction of sp³-hybridized carbons (Fsp3) is 0.391. The molecule has 0 radical (unpaired) electrons. The number of morpholine rings is 1. The Morgan fingerprint density at radius 3 is 2.48 bits per heavy atom. The summed E-state index contributed by atoms with van der Waals surface area (Å²) in [4.78, 5) is 29.2. The summed E-state index contributed by atoms with van der Waals surface area (Å²) in [6.07, 6.45) is -0.207. The zero-order chi connectivity index (χ0) is 20.4. The van der Waals surface area contributed by atoms with Gasteiger partial charge in [-0.25, -0.2) is 0 Å². The zero-order valence-corrected chi connectivity index (χ0v) is 16.9. The summed E-state index contributed by atoms with van der Waals surface area (Å²) < 4.78 is 5.32. The molecule has 0 aromatic heterocycles. The van der Waals surface area contributed by atoms with Crippen LogP contribution in [0.25, 0.3) is 0 Å². The minimum atomic E-state index is -0.207. The van der Waals surface area contributed by atoms with Gasteiger partial charge in [-0.2, -0.15) is 0 Å². The van der Waals surface area contributed by atoms with Crippen LogP contribution in [0.4, 0.5) is 5.69 Å². The Morgan fingerprint density at radius 1 is 1.10 bits per heavy atom. The Balaban J connectivity index is 1.52. The van der Waals surface area contributed by atoms with Gasteiger partial charge >= 0.3 is 0 Å². The van der Waals surface area contributed by atoms with Crippen LogP contribution in [0.3, 0.4) is 0 Å². The SMILES string of the molecule is CC(C)CN1C(=O)c2ccccc2C1Nc1ccc(C(=O)N2CCOCC2)cc1. The second kappa shape index (κ2) is 8.25. The third-order valence-corrected chi connectivity index (χ3v) is 5.35. The maximum absolute atomic E-state index is 12.9. The molecule has 2 heterocycles. The lowest BCUT2D eigenvalue weighted by Crippen LogP contribution is -2.40. The van der Waals surface area contributed by atoms with E-state index in [2.05, 4.69) is 19.2 Å². The van der Waals surface area contributed by atoms with Crippen molar-refractivity contribution >= 4 is 17.5 Å². The second-order valence-electron chi connectivity index (χ2n) is 7.97. The van der Waals surface area contributed by atoms with Crippen molar-refractivity contribution in [2.24, 2.45) is 5.92 Å². The van der Waals surface area contributed by atoms with Gasteiger partial charge in [-0.15, -0.1) is 0 Å². The highest BCUT2D eigenvalue weighted by molar-refractivity contribution is 5.99. The number of nitrogens with one attached hydrogen (secondary N) is 1. The summed E-state index contributed by atoms with van der Waals surface area (Å²) in [6, 6.07) is 15.3. The minimum absolute atomic E-state index is 0.0303. The van der Waals surface area contributed by atoms with Crippen LogP contribution in [-0.2, 0) is 4.74 Å². The normalized spacial score (nSPS) is 18.9. The molecule has 152 valence electrons. The smallest absolute Gasteiger partial charge is 0.256 e. The highest BCUT2D eigenvalue weighted by Gasteiger charge is 2.36. The zero-order valence-electron chi connectivity index (χ0n) is 16.9. The number of ether oxygens (including phenoxy) is 1. The average molecular weight is 393 g/mol. The summed E-state index contributed by atoms with van der Waals surface area (Å²) in [5.41, 5.74) is 3.29. The van der Waals surface area contributed by atoms with Crippen molar-refractivity contribution in [3.8, 4) is 0 Å². The number of carbonyl (C=O) groups is 2. The first-order chi connectivity index (χ1) is 14.0. The van der Waals surface area contributed by atoms with Crippen LogP contribution in [0.1, 0.15) is 46.3 Å². The number of amides is 2. The maximum atomic E-state index is 12.9. The first-order valence-electron chi connectivity index (χ1n) is 10.2. The number of anilines is 1. The molecule has 2 aliphatic rings. The molecule has 1 saturated heterocycles. The van der Waals surface area contributed by atoms with Crippen molar-refractivity contribution in [1.82, 2.24) is 9.80 Å². The lowest BCUT2D eigenvalue weighted by Gasteiger charge is -2.29. The van der Waals surface area contributed by atoms with Gasteiger partial charge in [0.25, 0.3) is 11.8 Å². The molecular formula is C23H27N3O3. The molecule has 0 aliphatic carbocycles. The molecule has 2 aromatic carbocycles. The highest BCUT2D eigenvalue weighted by Crippen LogP contribution is 2.34. The van der Waals surface area contributed by atoms with Gasteiger partial charge in [0, 0.05) is 42.0 Å². The summed E-state index contributed by atoms with van der Waals surface area (Å²) in [7, 11) is 0. The largest absolute Gasteiger partial charge is 0.378 e. The number of fused-ring (bicyclic) bond motifs is 1. The summed E-state index contributed by atoms with van der Waals surface area (Å²) >= 11 is 0. The van der Waals surface area contributed by atoms with Crippen LogP contribution < -0.4 is 5.32 Å². The summed E-state index contributed by atoms with van der Waals surface area (Å²) in [6.45, 7) is 7.34.